The van der Waals surface area contributed by atoms with Crippen LogP contribution in [0.3, 0.4) is 0 Å². The van der Waals surface area contributed by atoms with E-state index >= 15 is 0 Å². The summed E-state index contributed by atoms with van der Waals surface area (Å²) in [7, 11) is 0. The third kappa shape index (κ3) is 8.87. The second kappa shape index (κ2) is 21.5. The van der Waals surface area contributed by atoms with Crippen molar-refractivity contribution in [3.05, 3.63) is 341 Å². The molecule has 3 aromatic heterocycles. The highest BCUT2D eigenvalue weighted by atomic mass is 79.9. The van der Waals surface area contributed by atoms with Crippen molar-refractivity contribution < 1.29 is 0 Å². The van der Waals surface area contributed by atoms with Crippen LogP contribution in [0.15, 0.2) is 308 Å². The fraction of sp³-hybridized carbons (Fsp3) is 0.0843. The maximum Gasteiger partial charge on any atom is 0.0635 e. The van der Waals surface area contributed by atoms with Crippen molar-refractivity contribution in [2.45, 2.75) is 44.9 Å². The molecule has 15 aromatic rings. The summed E-state index contributed by atoms with van der Waals surface area (Å²) in [6.45, 7) is 9.29. The number of fused-ring (bicyclic) bond motifs is 14. The van der Waals surface area contributed by atoms with Crippen LogP contribution in [0.5, 0.6) is 0 Å². The molecule has 0 amide bonds. The average molecular weight is 1210 g/mol. The van der Waals surface area contributed by atoms with Crippen molar-refractivity contribution in [2.75, 3.05) is 9.80 Å². The highest BCUT2D eigenvalue weighted by Crippen LogP contribution is 2.54. The number of hydrogen-bond donors (Lipinski definition) is 0. The number of para-hydroxylation sites is 7. The van der Waals surface area contributed by atoms with E-state index in [-0.39, 0.29) is 10.8 Å². The smallest absolute Gasteiger partial charge is 0.0635 e. The summed E-state index contributed by atoms with van der Waals surface area (Å²) in [6.07, 6.45) is 5.42. The van der Waals surface area contributed by atoms with E-state index in [9.17, 15) is 0 Å². The van der Waals surface area contributed by atoms with E-state index in [1.54, 1.807) is 0 Å². The van der Waals surface area contributed by atoms with Gasteiger partial charge in [-0.2, -0.15) is 0 Å². The Hall–Kier alpha value is -10.4. The first kappa shape index (κ1) is 54.0. The number of anilines is 6. The topological polar surface area (TPSA) is 21.3 Å². The monoisotopic (exact) mass is 1210 g/mol. The first-order chi connectivity index (χ1) is 43.6. The molecule has 0 spiro atoms. The summed E-state index contributed by atoms with van der Waals surface area (Å²) in [4.78, 5) is 4.80. The Bertz CT molecular complexity index is 5120. The molecule has 5 heterocycles. The molecular weight excluding hydrogens is 1150 g/mol. The van der Waals surface area contributed by atoms with E-state index in [1.807, 2.05) is 0 Å². The third-order valence-electron chi connectivity index (χ3n) is 18.9. The van der Waals surface area contributed by atoms with Crippen molar-refractivity contribution in [3.63, 3.8) is 0 Å². The summed E-state index contributed by atoms with van der Waals surface area (Å²) >= 11 is 3.60. The van der Waals surface area contributed by atoms with Crippen molar-refractivity contribution in [3.8, 4) is 28.2 Å². The zero-order chi connectivity index (χ0) is 60.0. The molecular formula is C83H64BrN5. The van der Waals surface area contributed by atoms with Crippen LogP contribution in [-0.2, 0) is 17.3 Å². The van der Waals surface area contributed by atoms with Gasteiger partial charge in [0.2, 0.25) is 0 Å². The molecule has 1 aliphatic carbocycles. The molecule has 89 heavy (non-hydrogen) atoms. The lowest BCUT2D eigenvalue weighted by atomic mass is 9.73. The standard InChI is InChI=1S/C41H31N3.C21H18BrN.C21H15N/c1-41(2)34-18-7-10-21-38(34)43(39-22-11-8-19-35(39)41)29-15-12-16-30(27-29)44-37-20-9-6-17-31(37)32-23-24-36-33(40(32)44)25-26-42(36)28-13-4-3-5-14-28;1-21(2)17-10-3-5-12-19(17)23(16-9-7-8-15(22)14-16)20-13-6-4-11-18(20)21;1-2-7-16(8-3-1)22-13-12-19-20-14-15-6-4-5-9-17(15)18(20)10-11-21(19)22/h3-27H,1-2H3;3-14H,1-2H3;1-13H,14H2. The van der Waals surface area contributed by atoms with Gasteiger partial charge in [0.05, 0.1) is 44.8 Å². The Morgan fingerprint density at radius 2 is 0.764 bits per heavy atom. The SMILES string of the molecule is CC1(C)c2ccccc2N(c2cccc(-n3c4ccccc4c4ccc5c(ccn5-c5ccccc5)c43)c2)c2ccccc21.CC1(C)c2ccccc2N(c2cccc(Br)c2)c2ccccc21.c1ccc(-n2ccc3c4c(ccc32)-c2ccccc2C4)cc1. The van der Waals surface area contributed by atoms with Crippen molar-refractivity contribution in [1.82, 2.24) is 13.7 Å². The number of benzene rings is 12. The van der Waals surface area contributed by atoms with Crippen LogP contribution in [-0.4, -0.2) is 13.7 Å². The zero-order valence-electron chi connectivity index (χ0n) is 50.2. The molecule has 0 unspecified atom stereocenters. The molecule has 5 nitrogen and oxygen atoms in total. The molecule has 0 saturated heterocycles. The largest absolute Gasteiger partial charge is 0.317 e. The van der Waals surface area contributed by atoms with Crippen LogP contribution >= 0.6 is 15.9 Å². The molecule has 6 heteroatoms. The molecule has 0 saturated carbocycles. The van der Waals surface area contributed by atoms with Crippen LogP contribution in [0.2, 0.25) is 0 Å². The molecule has 0 fully saturated rings. The van der Waals surface area contributed by atoms with Crippen LogP contribution in [0.4, 0.5) is 34.1 Å². The van der Waals surface area contributed by atoms with E-state index in [1.165, 1.54) is 122 Å². The van der Waals surface area contributed by atoms with Gasteiger partial charge < -0.3 is 23.5 Å². The van der Waals surface area contributed by atoms with Crippen molar-refractivity contribution in [2.24, 2.45) is 0 Å². The molecule has 0 N–H and O–H groups in total. The minimum Gasteiger partial charge on any atom is -0.317 e. The molecule has 428 valence electrons. The lowest BCUT2D eigenvalue weighted by Crippen LogP contribution is -2.30. The van der Waals surface area contributed by atoms with Gasteiger partial charge in [-0.05, 0) is 166 Å². The predicted octanol–water partition coefficient (Wildman–Crippen LogP) is 22.6. The Balaban J connectivity index is 0.000000119. The van der Waals surface area contributed by atoms with Crippen LogP contribution in [0, 0.1) is 0 Å². The maximum atomic E-state index is 3.60. The highest BCUT2D eigenvalue weighted by molar-refractivity contribution is 9.10. The van der Waals surface area contributed by atoms with Gasteiger partial charge in [-0.15, -0.1) is 0 Å². The van der Waals surface area contributed by atoms with Gasteiger partial charge >= 0.3 is 0 Å². The number of nitrogens with zero attached hydrogens (tertiary/aromatic N) is 5. The van der Waals surface area contributed by atoms with Gasteiger partial charge in [0.15, 0.2) is 0 Å². The minimum atomic E-state index is -0.0916. The predicted molar refractivity (Wildman–Crippen MR) is 377 cm³/mol. The first-order valence-corrected chi connectivity index (χ1v) is 31.6. The first-order valence-electron chi connectivity index (χ1n) is 30.8. The average Bonchev–Trinajstić information content (AvgIpc) is 1.84. The van der Waals surface area contributed by atoms with Crippen LogP contribution in [0.1, 0.15) is 61.1 Å². The molecule has 0 radical (unpaired) electrons. The normalized spacial score (nSPS) is 13.8. The zero-order valence-corrected chi connectivity index (χ0v) is 51.8. The van der Waals surface area contributed by atoms with Gasteiger partial charge in [0, 0.05) is 77.7 Å². The van der Waals surface area contributed by atoms with Crippen LogP contribution in [0.25, 0.3) is 71.8 Å². The molecule has 2 aliphatic heterocycles. The van der Waals surface area contributed by atoms with Gasteiger partial charge in [0.25, 0.3) is 0 Å². The Kier molecular flexibility index (Phi) is 13.0. The van der Waals surface area contributed by atoms with Gasteiger partial charge in [-0.25, -0.2) is 0 Å². The fourth-order valence-corrected chi connectivity index (χ4v) is 15.1. The van der Waals surface area contributed by atoms with Crippen molar-refractivity contribution >= 4 is 93.7 Å². The van der Waals surface area contributed by atoms with Gasteiger partial charge in [-0.3, -0.25) is 0 Å². The van der Waals surface area contributed by atoms with Gasteiger partial charge in [0.1, 0.15) is 0 Å². The van der Waals surface area contributed by atoms with Crippen molar-refractivity contribution in [1.29, 1.82) is 0 Å². The highest BCUT2D eigenvalue weighted by Gasteiger charge is 2.38. The number of aromatic nitrogens is 3. The quantitative estimate of drug-likeness (QED) is 0.171. The van der Waals surface area contributed by atoms with E-state index in [0.717, 1.165) is 28.0 Å². The second-order valence-corrected chi connectivity index (χ2v) is 25.6. The summed E-state index contributed by atoms with van der Waals surface area (Å²) < 4.78 is 8.11. The van der Waals surface area contributed by atoms with E-state index < -0.39 is 0 Å². The van der Waals surface area contributed by atoms with E-state index in [2.05, 4.69) is 371 Å². The maximum absolute atomic E-state index is 3.60. The molecule has 0 atom stereocenters. The molecule has 3 aliphatic rings. The fourth-order valence-electron chi connectivity index (χ4n) is 14.7. The Labute approximate surface area is 528 Å². The Morgan fingerprint density at radius 1 is 0.315 bits per heavy atom. The summed E-state index contributed by atoms with van der Waals surface area (Å²) in [5.74, 6) is 0. The number of halogens is 1. The summed E-state index contributed by atoms with van der Waals surface area (Å²) in [5.41, 5.74) is 26.8. The lowest BCUT2D eigenvalue weighted by Gasteiger charge is -2.42. The second-order valence-electron chi connectivity index (χ2n) is 24.6. The van der Waals surface area contributed by atoms with Gasteiger partial charge in [-0.1, -0.05) is 220 Å². The minimum absolute atomic E-state index is 0.00427. The third-order valence-corrected chi connectivity index (χ3v) is 19.4. The summed E-state index contributed by atoms with van der Waals surface area (Å²) in [5, 5.41) is 5.14. The number of rotatable bonds is 5. The molecule has 12 aromatic carbocycles. The molecule has 0 bridgehead atoms. The van der Waals surface area contributed by atoms with E-state index in [4.69, 9.17) is 0 Å². The van der Waals surface area contributed by atoms with E-state index in [0.29, 0.717) is 0 Å². The summed E-state index contributed by atoms with van der Waals surface area (Å²) in [6, 6.07) is 105. The number of hydrogen-bond acceptors (Lipinski definition) is 2. The van der Waals surface area contributed by atoms with Crippen LogP contribution < -0.4 is 9.80 Å². The molecule has 18 rings (SSSR count). The Morgan fingerprint density at radius 3 is 1.35 bits per heavy atom. The lowest BCUT2D eigenvalue weighted by molar-refractivity contribution is 0.631.